The number of carbonyl (C=O) groups excluding carboxylic acids is 2. The Morgan fingerprint density at radius 1 is 1.36 bits per heavy atom. The fraction of sp³-hybridized carbons (Fsp3) is 0.467. The Morgan fingerprint density at radius 2 is 2.05 bits per heavy atom. The highest BCUT2D eigenvalue weighted by molar-refractivity contribution is 5.89. The summed E-state index contributed by atoms with van der Waals surface area (Å²) in [6.07, 6.45) is 0.447. The highest BCUT2D eigenvalue weighted by Crippen LogP contribution is 2.28. The number of carbonyl (C=O) groups is 2. The molecule has 0 radical (unpaired) electrons. The zero-order valence-electron chi connectivity index (χ0n) is 12.1. The number of halogens is 2. The van der Waals surface area contributed by atoms with Gasteiger partial charge in [0.1, 0.15) is 17.7 Å². The van der Waals surface area contributed by atoms with Crippen LogP contribution in [0.1, 0.15) is 25.3 Å². The Morgan fingerprint density at radius 3 is 2.64 bits per heavy atom. The van der Waals surface area contributed by atoms with E-state index in [2.05, 4.69) is 10.6 Å². The lowest BCUT2D eigenvalue weighted by Gasteiger charge is -2.21. The number of nitrogens with one attached hydrogen (secondary N) is 2. The summed E-state index contributed by atoms with van der Waals surface area (Å²) < 4.78 is 26.5. The minimum atomic E-state index is -1.12. The Hall–Kier alpha value is -2.02. The Balaban J connectivity index is 1.95. The molecular weight excluding hydrogens is 294 g/mol. The van der Waals surface area contributed by atoms with E-state index in [1.165, 1.54) is 6.92 Å². The van der Waals surface area contributed by atoms with Gasteiger partial charge < -0.3 is 15.7 Å². The molecule has 2 amide bonds. The number of aliphatic hydroxyl groups is 1. The summed E-state index contributed by atoms with van der Waals surface area (Å²) in [6.45, 7) is 1.14. The summed E-state index contributed by atoms with van der Waals surface area (Å²) in [5, 5.41) is 14.5. The van der Waals surface area contributed by atoms with Crippen molar-refractivity contribution in [2.24, 2.45) is 5.92 Å². The van der Waals surface area contributed by atoms with Gasteiger partial charge in [-0.3, -0.25) is 9.59 Å². The molecule has 0 bridgehead atoms. The SMILES string of the molecule is CC(O)C(NC(=O)C1CC1)C(=O)NCc1cc(F)ccc1F. The van der Waals surface area contributed by atoms with E-state index in [9.17, 15) is 23.5 Å². The van der Waals surface area contributed by atoms with Gasteiger partial charge in [-0.15, -0.1) is 0 Å². The van der Waals surface area contributed by atoms with Gasteiger partial charge >= 0.3 is 0 Å². The monoisotopic (exact) mass is 312 g/mol. The first-order valence-corrected chi connectivity index (χ1v) is 7.08. The highest BCUT2D eigenvalue weighted by atomic mass is 19.1. The fourth-order valence-corrected chi connectivity index (χ4v) is 1.99. The largest absolute Gasteiger partial charge is 0.391 e. The summed E-state index contributed by atoms with van der Waals surface area (Å²) in [4.78, 5) is 23.7. The van der Waals surface area contributed by atoms with Crippen LogP contribution in [-0.4, -0.2) is 29.1 Å². The Bertz CT molecular complexity index is 574. The van der Waals surface area contributed by atoms with Crippen molar-refractivity contribution in [1.29, 1.82) is 0 Å². The third kappa shape index (κ3) is 4.24. The number of aliphatic hydroxyl groups excluding tert-OH is 1. The molecule has 0 saturated heterocycles. The smallest absolute Gasteiger partial charge is 0.245 e. The molecule has 1 aromatic carbocycles. The molecule has 120 valence electrons. The van der Waals surface area contributed by atoms with Gasteiger partial charge in [0.2, 0.25) is 11.8 Å². The molecule has 0 aliphatic heterocycles. The van der Waals surface area contributed by atoms with Crippen LogP contribution in [0.15, 0.2) is 18.2 Å². The van der Waals surface area contributed by atoms with Crippen molar-refractivity contribution in [3.63, 3.8) is 0 Å². The standard InChI is InChI=1S/C15H18F2N2O3/c1-8(20)13(19-14(21)9-2-3-9)15(22)18-7-10-6-11(16)4-5-12(10)17/h4-6,8-9,13,20H,2-3,7H2,1H3,(H,18,22)(H,19,21). The molecule has 0 heterocycles. The molecule has 22 heavy (non-hydrogen) atoms. The topological polar surface area (TPSA) is 78.4 Å². The van der Waals surface area contributed by atoms with E-state index in [0.717, 1.165) is 31.0 Å². The van der Waals surface area contributed by atoms with Crippen molar-refractivity contribution in [2.45, 2.75) is 38.5 Å². The molecule has 1 aromatic rings. The molecule has 2 atom stereocenters. The lowest BCUT2D eigenvalue weighted by atomic mass is 10.1. The van der Waals surface area contributed by atoms with Crippen LogP contribution in [0.5, 0.6) is 0 Å². The second-order valence-corrected chi connectivity index (χ2v) is 5.45. The van der Waals surface area contributed by atoms with Gasteiger partial charge in [-0.2, -0.15) is 0 Å². The average molecular weight is 312 g/mol. The summed E-state index contributed by atoms with van der Waals surface area (Å²) in [7, 11) is 0. The summed E-state index contributed by atoms with van der Waals surface area (Å²) in [5.74, 6) is -2.28. The molecule has 3 N–H and O–H groups in total. The molecule has 1 fully saturated rings. The molecule has 1 saturated carbocycles. The first-order valence-electron chi connectivity index (χ1n) is 7.08. The van der Waals surface area contributed by atoms with Gasteiger partial charge in [0.05, 0.1) is 6.10 Å². The van der Waals surface area contributed by atoms with Crippen LogP contribution in [0.2, 0.25) is 0 Å². The van der Waals surface area contributed by atoms with Crippen molar-refractivity contribution in [3.8, 4) is 0 Å². The molecule has 1 aliphatic carbocycles. The van der Waals surface area contributed by atoms with Gasteiger partial charge in [0.25, 0.3) is 0 Å². The van der Waals surface area contributed by atoms with Gasteiger partial charge in [-0.1, -0.05) is 0 Å². The van der Waals surface area contributed by atoms with E-state index >= 15 is 0 Å². The third-order valence-electron chi connectivity index (χ3n) is 3.47. The lowest BCUT2D eigenvalue weighted by Crippen LogP contribution is -2.52. The van der Waals surface area contributed by atoms with Crippen LogP contribution < -0.4 is 10.6 Å². The van der Waals surface area contributed by atoms with Gasteiger partial charge in [0, 0.05) is 18.0 Å². The van der Waals surface area contributed by atoms with Gasteiger partial charge in [0.15, 0.2) is 0 Å². The van der Waals surface area contributed by atoms with E-state index in [4.69, 9.17) is 0 Å². The molecule has 0 spiro atoms. The first-order chi connectivity index (χ1) is 10.4. The zero-order chi connectivity index (χ0) is 16.3. The first kappa shape index (κ1) is 16.4. The number of rotatable bonds is 6. The van der Waals surface area contributed by atoms with Crippen molar-refractivity contribution in [3.05, 3.63) is 35.4 Å². The minimum absolute atomic E-state index is 0.00814. The maximum atomic E-state index is 13.5. The Kier molecular flexibility index (Phi) is 5.07. The quantitative estimate of drug-likeness (QED) is 0.729. The number of hydrogen-bond acceptors (Lipinski definition) is 3. The zero-order valence-corrected chi connectivity index (χ0v) is 12.1. The van der Waals surface area contributed by atoms with E-state index in [0.29, 0.717) is 0 Å². The van der Waals surface area contributed by atoms with Crippen LogP contribution in [0, 0.1) is 17.6 Å². The normalized spacial score (nSPS) is 16.7. The van der Waals surface area contributed by atoms with Crippen molar-refractivity contribution < 1.29 is 23.5 Å². The Labute approximate surface area is 126 Å². The van der Waals surface area contributed by atoms with Crippen LogP contribution in [0.25, 0.3) is 0 Å². The molecule has 7 heteroatoms. The molecule has 2 rings (SSSR count). The van der Waals surface area contributed by atoms with Crippen molar-refractivity contribution >= 4 is 11.8 Å². The molecule has 5 nitrogen and oxygen atoms in total. The van der Waals surface area contributed by atoms with Crippen LogP contribution in [-0.2, 0) is 16.1 Å². The highest BCUT2D eigenvalue weighted by Gasteiger charge is 2.34. The number of amides is 2. The van der Waals surface area contributed by atoms with Crippen LogP contribution in [0.4, 0.5) is 8.78 Å². The van der Waals surface area contributed by atoms with Crippen LogP contribution in [0.3, 0.4) is 0 Å². The van der Waals surface area contributed by atoms with E-state index in [-0.39, 0.29) is 23.9 Å². The average Bonchev–Trinajstić information content (AvgIpc) is 3.29. The van der Waals surface area contributed by atoms with Crippen molar-refractivity contribution in [2.75, 3.05) is 0 Å². The maximum absolute atomic E-state index is 13.5. The molecular formula is C15H18F2N2O3. The predicted octanol–water partition coefficient (Wildman–Crippen LogP) is 0.857. The fourth-order valence-electron chi connectivity index (χ4n) is 1.99. The molecule has 2 unspecified atom stereocenters. The van der Waals surface area contributed by atoms with Crippen molar-refractivity contribution in [1.82, 2.24) is 10.6 Å². The van der Waals surface area contributed by atoms with E-state index in [1.807, 2.05) is 0 Å². The lowest BCUT2D eigenvalue weighted by molar-refractivity contribution is -0.132. The summed E-state index contributed by atoms with van der Waals surface area (Å²) >= 11 is 0. The number of hydrogen-bond donors (Lipinski definition) is 3. The molecule has 0 aromatic heterocycles. The summed E-state index contributed by atoms with van der Waals surface area (Å²) in [6, 6.07) is 1.81. The predicted molar refractivity (Wildman–Crippen MR) is 74.5 cm³/mol. The van der Waals surface area contributed by atoms with Gasteiger partial charge in [-0.25, -0.2) is 8.78 Å². The second kappa shape index (κ2) is 6.83. The third-order valence-corrected chi connectivity index (χ3v) is 3.47. The van der Waals surface area contributed by atoms with E-state index < -0.39 is 29.7 Å². The van der Waals surface area contributed by atoms with Crippen LogP contribution >= 0.6 is 0 Å². The number of benzene rings is 1. The van der Waals surface area contributed by atoms with Gasteiger partial charge in [-0.05, 0) is 38.0 Å². The minimum Gasteiger partial charge on any atom is -0.391 e. The maximum Gasteiger partial charge on any atom is 0.245 e. The second-order valence-electron chi connectivity index (χ2n) is 5.45. The summed E-state index contributed by atoms with van der Waals surface area (Å²) in [5.41, 5.74) is -0.00814. The van der Waals surface area contributed by atoms with E-state index in [1.54, 1.807) is 0 Å². The molecule has 1 aliphatic rings.